The Labute approximate surface area is 153 Å². The van der Waals surface area contributed by atoms with E-state index in [1.807, 2.05) is 26.0 Å². The van der Waals surface area contributed by atoms with Crippen molar-refractivity contribution in [1.82, 2.24) is 5.32 Å². The third-order valence-corrected chi connectivity index (χ3v) is 4.15. The molecule has 2 aromatic carbocycles. The number of benzene rings is 2. The molecule has 0 spiro atoms. The Morgan fingerprint density at radius 1 is 1.04 bits per heavy atom. The molecule has 2 aromatic rings. The highest BCUT2D eigenvalue weighted by Crippen LogP contribution is 2.15. The fourth-order valence-corrected chi connectivity index (χ4v) is 2.42. The van der Waals surface area contributed by atoms with E-state index in [9.17, 15) is 14.0 Å². The highest BCUT2D eigenvalue weighted by molar-refractivity contribution is 5.98. The molecule has 0 aromatic heterocycles. The van der Waals surface area contributed by atoms with E-state index < -0.39 is 5.82 Å². The molecule has 0 fully saturated rings. The lowest BCUT2D eigenvalue weighted by molar-refractivity contribution is -0.121. The van der Waals surface area contributed by atoms with Gasteiger partial charge in [-0.05, 0) is 49.6 Å². The Morgan fingerprint density at radius 3 is 2.54 bits per heavy atom. The zero-order valence-electron chi connectivity index (χ0n) is 15.2. The maximum Gasteiger partial charge on any atom is 0.220 e. The molecule has 5 heteroatoms. The Hall–Kier alpha value is -2.69. The maximum atomic E-state index is 13.4. The van der Waals surface area contributed by atoms with Gasteiger partial charge in [0.15, 0.2) is 17.3 Å². The topological polar surface area (TPSA) is 55.4 Å². The van der Waals surface area contributed by atoms with Gasteiger partial charge in [-0.1, -0.05) is 24.3 Å². The van der Waals surface area contributed by atoms with Crippen LogP contribution in [0.15, 0.2) is 42.5 Å². The summed E-state index contributed by atoms with van der Waals surface area (Å²) in [6.07, 6.45) is 0.894. The van der Waals surface area contributed by atoms with E-state index in [1.54, 1.807) is 24.3 Å². The van der Waals surface area contributed by atoms with Gasteiger partial charge in [0.25, 0.3) is 0 Å². The van der Waals surface area contributed by atoms with Crippen molar-refractivity contribution < 1.29 is 18.7 Å². The first-order chi connectivity index (χ1) is 12.5. The number of hydrogen-bond acceptors (Lipinski definition) is 3. The highest BCUT2D eigenvalue weighted by Gasteiger charge is 2.10. The molecule has 0 aliphatic heterocycles. The van der Waals surface area contributed by atoms with Crippen LogP contribution >= 0.6 is 0 Å². The van der Waals surface area contributed by atoms with Gasteiger partial charge in [0.05, 0.1) is 6.61 Å². The number of Topliss-reactive ketones (excluding diaryl/α,β-unsaturated/α-hetero) is 1. The summed E-state index contributed by atoms with van der Waals surface area (Å²) in [4.78, 5) is 24.0. The average molecular weight is 357 g/mol. The molecule has 2 rings (SSSR count). The van der Waals surface area contributed by atoms with Crippen LogP contribution in [0.3, 0.4) is 0 Å². The van der Waals surface area contributed by atoms with Gasteiger partial charge >= 0.3 is 0 Å². The molecular weight excluding hydrogens is 333 g/mol. The van der Waals surface area contributed by atoms with Crippen LogP contribution in [-0.4, -0.2) is 24.8 Å². The first-order valence-electron chi connectivity index (χ1n) is 8.72. The van der Waals surface area contributed by atoms with Crippen molar-refractivity contribution in [2.45, 2.75) is 33.1 Å². The molecule has 0 saturated heterocycles. The van der Waals surface area contributed by atoms with Crippen LogP contribution in [0.25, 0.3) is 0 Å². The summed E-state index contributed by atoms with van der Waals surface area (Å²) >= 11 is 0. The lowest BCUT2D eigenvalue weighted by atomic mass is 10.0. The molecule has 0 heterocycles. The van der Waals surface area contributed by atoms with Crippen LogP contribution in [0, 0.1) is 19.7 Å². The largest absolute Gasteiger partial charge is 0.490 e. The molecule has 0 unspecified atom stereocenters. The lowest BCUT2D eigenvalue weighted by Gasteiger charge is -2.08. The highest BCUT2D eigenvalue weighted by atomic mass is 19.1. The predicted molar refractivity (Wildman–Crippen MR) is 99.0 cm³/mol. The third kappa shape index (κ3) is 5.99. The smallest absolute Gasteiger partial charge is 0.220 e. The van der Waals surface area contributed by atoms with Crippen molar-refractivity contribution in [2.75, 3.05) is 13.2 Å². The summed E-state index contributed by atoms with van der Waals surface area (Å²) in [5, 5.41) is 2.75. The fraction of sp³-hybridized carbons (Fsp3) is 0.333. The monoisotopic (exact) mass is 357 g/mol. The second kappa shape index (κ2) is 9.70. The molecule has 1 amide bonds. The normalized spacial score (nSPS) is 10.4. The Morgan fingerprint density at radius 2 is 1.81 bits per heavy atom. The minimum absolute atomic E-state index is 0.0360. The molecule has 1 N–H and O–H groups in total. The number of nitrogens with one attached hydrogen (secondary N) is 1. The van der Waals surface area contributed by atoms with Gasteiger partial charge in [-0.2, -0.15) is 0 Å². The van der Waals surface area contributed by atoms with Gasteiger partial charge in [0, 0.05) is 24.9 Å². The van der Waals surface area contributed by atoms with E-state index >= 15 is 0 Å². The maximum absolute atomic E-state index is 13.4. The van der Waals surface area contributed by atoms with E-state index in [4.69, 9.17) is 4.74 Å². The number of carbonyl (C=O) groups excluding carboxylic acids is 2. The van der Waals surface area contributed by atoms with Crippen LogP contribution in [0.2, 0.25) is 0 Å². The Balaban J connectivity index is 1.63. The fourth-order valence-electron chi connectivity index (χ4n) is 2.42. The van der Waals surface area contributed by atoms with E-state index in [2.05, 4.69) is 5.32 Å². The molecular formula is C21H24FNO3. The molecule has 0 bridgehead atoms. The number of ether oxygens (including phenoxy) is 1. The van der Waals surface area contributed by atoms with E-state index in [1.165, 1.54) is 6.07 Å². The Bertz CT molecular complexity index is 774. The van der Waals surface area contributed by atoms with Crippen LogP contribution < -0.4 is 10.1 Å². The van der Waals surface area contributed by atoms with Gasteiger partial charge in [0.1, 0.15) is 0 Å². The van der Waals surface area contributed by atoms with E-state index in [-0.39, 0.29) is 30.3 Å². The molecule has 4 nitrogen and oxygen atoms in total. The average Bonchev–Trinajstić information content (AvgIpc) is 2.63. The number of hydrogen-bond donors (Lipinski definition) is 1. The predicted octanol–water partition coefficient (Wildman–Crippen LogP) is 3.99. The number of aryl methyl sites for hydroxylation is 2. The van der Waals surface area contributed by atoms with Crippen LogP contribution in [0.1, 0.15) is 40.7 Å². The SMILES string of the molecule is Cc1ccc(C(=O)CCC(=O)NCCCOc2ccccc2F)cc1C. The van der Waals surface area contributed by atoms with Crippen LogP contribution in [0.5, 0.6) is 5.75 Å². The zero-order valence-corrected chi connectivity index (χ0v) is 15.2. The first-order valence-corrected chi connectivity index (χ1v) is 8.72. The summed E-state index contributed by atoms with van der Waals surface area (Å²) < 4.78 is 18.7. The lowest BCUT2D eigenvalue weighted by Crippen LogP contribution is -2.26. The van der Waals surface area contributed by atoms with Gasteiger partial charge in [-0.15, -0.1) is 0 Å². The number of para-hydroxylation sites is 1. The molecule has 0 radical (unpaired) electrons. The molecule has 0 atom stereocenters. The van der Waals surface area contributed by atoms with Gasteiger partial charge in [-0.25, -0.2) is 4.39 Å². The van der Waals surface area contributed by atoms with Gasteiger partial charge in [0.2, 0.25) is 5.91 Å². The molecule has 0 aliphatic rings. The van der Waals surface area contributed by atoms with Crippen molar-refractivity contribution in [3.05, 3.63) is 65.0 Å². The Kier molecular flexibility index (Phi) is 7.33. The summed E-state index contributed by atoms with van der Waals surface area (Å²) in [5.74, 6) is -0.404. The van der Waals surface area contributed by atoms with Crippen LogP contribution in [0.4, 0.5) is 4.39 Å². The number of halogens is 1. The molecule has 0 saturated carbocycles. The molecule has 138 valence electrons. The minimum Gasteiger partial charge on any atom is -0.490 e. The summed E-state index contributed by atoms with van der Waals surface area (Å²) in [6, 6.07) is 11.8. The zero-order chi connectivity index (χ0) is 18.9. The third-order valence-electron chi connectivity index (χ3n) is 4.15. The second-order valence-corrected chi connectivity index (χ2v) is 6.20. The number of amides is 1. The van der Waals surface area contributed by atoms with Crippen molar-refractivity contribution in [3.8, 4) is 5.75 Å². The van der Waals surface area contributed by atoms with E-state index in [0.717, 1.165) is 11.1 Å². The number of ketones is 1. The van der Waals surface area contributed by atoms with Crippen molar-refractivity contribution in [3.63, 3.8) is 0 Å². The standard InChI is InChI=1S/C21H24FNO3/c1-15-8-9-17(14-16(15)2)19(24)10-11-21(25)23-12-5-13-26-20-7-4-3-6-18(20)22/h3-4,6-9,14H,5,10-13H2,1-2H3,(H,23,25). The van der Waals surface area contributed by atoms with Crippen molar-refractivity contribution in [1.29, 1.82) is 0 Å². The summed E-state index contributed by atoms with van der Waals surface area (Å²) in [5.41, 5.74) is 2.84. The van der Waals surface area contributed by atoms with Gasteiger partial charge in [-0.3, -0.25) is 9.59 Å². The van der Waals surface area contributed by atoms with Crippen LogP contribution in [-0.2, 0) is 4.79 Å². The molecule has 0 aliphatic carbocycles. The number of rotatable bonds is 9. The first kappa shape index (κ1) is 19.6. The van der Waals surface area contributed by atoms with Crippen molar-refractivity contribution in [2.24, 2.45) is 0 Å². The minimum atomic E-state index is -0.401. The summed E-state index contributed by atoms with van der Waals surface area (Å²) in [6.45, 7) is 4.68. The van der Waals surface area contributed by atoms with Gasteiger partial charge < -0.3 is 10.1 Å². The number of carbonyl (C=O) groups is 2. The second-order valence-electron chi connectivity index (χ2n) is 6.20. The molecule has 26 heavy (non-hydrogen) atoms. The van der Waals surface area contributed by atoms with E-state index in [0.29, 0.717) is 25.1 Å². The quantitative estimate of drug-likeness (QED) is 0.545. The summed E-state index contributed by atoms with van der Waals surface area (Å²) in [7, 11) is 0. The van der Waals surface area contributed by atoms with Crippen molar-refractivity contribution >= 4 is 11.7 Å².